The third-order valence-corrected chi connectivity index (χ3v) is 14.6. The van der Waals surface area contributed by atoms with Crippen LogP contribution in [0.25, 0.3) is 0 Å². The fraction of sp³-hybridized carbons (Fsp3) is 0.838. The predicted octanol–water partition coefficient (Wildman–Crippen LogP) is 22.2. The van der Waals surface area contributed by atoms with Crippen molar-refractivity contribution in [3.05, 3.63) is 48.6 Å². The van der Waals surface area contributed by atoms with E-state index in [4.69, 9.17) is 14.2 Å². The molecule has 0 radical (unpaired) electrons. The van der Waals surface area contributed by atoms with Crippen LogP contribution in [0.1, 0.15) is 348 Å². The first-order chi connectivity index (χ1) is 36.5. The van der Waals surface area contributed by atoms with E-state index in [1.807, 2.05) is 0 Å². The van der Waals surface area contributed by atoms with Crippen molar-refractivity contribution in [2.45, 2.75) is 354 Å². The van der Waals surface area contributed by atoms with E-state index in [-0.39, 0.29) is 31.1 Å². The van der Waals surface area contributed by atoms with Crippen LogP contribution in [0.3, 0.4) is 0 Å². The van der Waals surface area contributed by atoms with Crippen molar-refractivity contribution in [1.29, 1.82) is 0 Å². The number of unbranched alkanes of at least 4 members (excludes halogenated alkanes) is 41. The maximum Gasteiger partial charge on any atom is 0.306 e. The number of hydrogen-bond donors (Lipinski definition) is 0. The first-order valence-electron chi connectivity index (χ1n) is 32.6. The van der Waals surface area contributed by atoms with Crippen molar-refractivity contribution < 1.29 is 28.6 Å². The third-order valence-electron chi connectivity index (χ3n) is 14.6. The van der Waals surface area contributed by atoms with Crippen LogP contribution < -0.4 is 0 Å². The number of esters is 3. The maximum absolute atomic E-state index is 12.9. The van der Waals surface area contributed by atoms with Crippen LogP contribution in [-0.4, -0.2) is 37.2 Å². The van der Waals surface area contributed by atoms with Gasteiger partial charge >= 0.3 is 17.9 Å². The van der Waals surface area contributed by atoms with Gasteiger partial charge in [0.15, 0.2) is 6.10 Å². The Bertz CT molecular complexity index is 1280. The number of allylic oxidation sites excluding steroid dienone is 8. The van der Waals surface area contributed by atoms with Crippen LogP contribution in [0.4, 0.5) is 0 Å². The zero-order chi connectivity index (χ0) is 53.6. The standard InChI is InChI=1S/C68H124O6/c1-4-7-10-13-16-19-22-25-28-29-30-31-32-33-34-35-36-37-38-41-43-46-49-52-55-58-61-67(70)73-64-65(74-68(71)62-59-56-53-50-47-44-40-27-24-21-18-15-12-9-6-3)63-72-66(69)60-57-54-51-48-45-42-39-26-23-20-17-14-11-8-5-2/h9,12,18,21,26-27,39-40,65H,4-8,10-11,13-17,19-20,22-25,28-38,41-64H2,1-3H3/b12-9-,21-18-,39-26-,40-27-. The first-order valence-corrected chi connectivity index (χ1v) is 32.6. The molecule has 0 aromatic rings. The molecule has 0 aliphatic rings. The third kappa shape index (κ3) is 60.2. The topological polar surface area (TPSA) is 78.9 Å². The zero-order valence-corrected chi connectivity index (χ0v) is 49.6. The molecule has 6 nitrogen and oxygen atoms in total. The van der Waals surface area contributed by atoms with Gasteiger partial charge in [0, 0.05) is 19.3 Å². The molecule has 0 saturated carbocycles. The Morgan fingerprint density at radius 2 is 0.527 bits per heavy atom. The van der Waals surface area contributed by atoms with E-state index in [1.54, 1.807) is 0 Å². The van der Waals surface area contributed by atoms with Gasteiger partial charge in [-0.3, -0.25) is 14.4 Å². The van der Waals surface area contributed by atoms with Gasteiger partial charge in [0.05, 0.1) is 0 Å². The average Bonchev–Trinajstić information content (AvgIpc) is 3.40. The molecule has 0 amide bonds. The SMILES string of the molecule is CC/C=C\C/C=C\C/C=C\CCCCCCCC(=O)OC(COC(=O)CCCCCCC/C=C\CCCCCCCC)COC(=O)CCCCCCCCCCCCCCCCCCCCCCCCCCCC. The summed E-state index contributed by atoms with van der Waals surface area (Å²) in [6.45, 7) is 6.56. The van der Waals surface area contributed by atoms with Crippen LogP contribution in [0.5, 0.6) is 0 Å². The lowest BCUT2D eigenvalue weighted by molar-refractivity contribution is -0.167. The van der Waals surface area contributed by atoms with E-state index in [2.05, 4.69) is 69.4 Å². The highest BCUT2D eigenvalue weighted by Gasteiger charge is 2.19. The van der Waals surface area contributed by atoms with E-state index < -0.39 is 6.10 Å². The Morgan fingerprint density at radius 1 is 0.284 bits per heavy atom. The molecule has 432 valence electrons. The lowest BCUT2D eigenvalue weighted by Crippen LogP contribution is -2.30. The van der Waals surface area contributed by atoms with Gasteiger partial charge < -0.3 is 14.2 Å². The molecule has 0 aromatic heterocycles. The highest BCUT2D eigenvalue weighted by atomic mass is 16.6. The zero-order valence-electron chi connectivity index (χ0n) is 49.6. The second-order valence-electron chi connectivity index (χ2n) is 22.0. The summed E-state index contributed by atoms with van der Waals surface area (Å²) < 4.78 is 16.9. The molecule has 0 aliphatic heterocycles. The smallest absolute Gasteiger partial charge is 0.306 e. The van der Waals surface area contributed by atoms with E-state index in [9.17, 15) is 14.4 Å². The van der Waals surface area contributed by atoms with Gasteiger partial charge in [-0.2, -0.15) is 0 Å². The second kappa shape index (κ2) is 62.9. The molecule has 1 atom stereocenters. The molecule has 0 fully saturated rings. The molecule has 0 aromatic carbocycles. The highest BCUT2D eigenvalue weighted by Crippen LogP contribution is 2.18. The predicted molar refractivity (Wildman–Crippen MR) is 321 cm³/mol. The molecular weight excluding hydrogens is 913 g/mol. The minimum absolute atomic E-state index is 0.0794. The van der Waals surface area contributed by atoms with Crippen molar-refractivity contribution in [3.63, 3.8) is 0 Å². The summed E-state index contributed by atoms with van der Waals surface area (Å²) in [5.74, 6) is -0.885. The van der Waals surface area contributed by atoms with Gasteiger partial charge in [-0.05, 0) is 77.0 Å². The van der Waals surface area contributed by atoms with E-state index in [1.165, 1.54) is 205 Å². The Balaban J connectivity index is 4.24. The Hall–Kier alpha value is -2.63. The monoisotopic (exact) mass is 1040 g/mol. The normalized spacial score (nSPS) is 12.3. The van der Waals surface area contributed by atoms with Gasteiger partial charge in [0.25, 0.3) is 0 Å². The van der Waals surface area contributed by atoms with Gasteiger partial charge in [0.2, 0.25) is 0 Å². The van der Waals surface area contributed by atoms with E-state index >= 15 is 0 Å². The summed E-state index contributed by atoms with van der Waals surface area (Å²) in [5.41, 5.74) is 0. The summed E-state index contributed by atoms with van der Waals surface area (Å²) >= 11 is 0. The summed E-state index contributed by atoms with van der Waals surface area (Å²) in [5, 5.41) is 0. The minimum atomic E-state index is -0.784. The molecule has 0 saturated heterocycles. The number of carbonyl (C=O) groups excluding carboxylic acids is 3. The molecule has 1 unspecified atom stereocenters. The van der Waals surface area contributed by atoms with Crippen LogP contribution in [0.2, 0.25) is 0 Å². The fourth-order valence-electron chi connectivity index (χ4n) is 9.69. The molecule has 0 N–H and O–H groups in total. The van der Waals surface area contributed by atoms with Crippen molar-refractivity contribution in [2.75, 3.05) is 13.2 Å². The molecule has 0 heterocycles. The Kier molecular flexibility index (Phi) is 60.7. The van der Waals surface area contributed by atoms with Crippen LogP contribution >= 0.6 is 0 Å². The van der Waals surface area contributed by atoms with E-state index in [0.717, 1.165) is 103 Å². The van der Waals surface area contributed by atoms with Crippen LogP contribution in [0, 0.1) is 0 Å². The minimum Gasteiger partial charge on any atom is -0.462 e. The second-order valence-corrected chi connectivity index (χ2v) is 22.0. The summed E-state index contributed by atoms with van der Waals surface area (Å²) in [7, 11) is 0. The van der Waals surface area contributed by atoms with Gasteiger partial charge in [-0.1, -0.05) is 301 Å². The van der Waals surface area contributed by atoms with Gasteiger partial charge in [-0.15, -0.1) is 0 Å². The highest BCUT2D eigenvalue weighted by molar-refractivity contribution is 5.71. The van der Waals surface area contributed by atoms with Gasteiger partial charge in [0.1, 0.15) is 13.2 Å². The molecule has 0 rings (SSSR count). The summed E-state index contributed by atoms with van der Waals surface area (Å²) in [4.78, 5) is 38.3. The van der Waals surface area contributed by atoms with Crippen molar-refractivity contribution >= 4 is 17.9 Å². The quantitative estimate of drug-likeness (QED) is 0.0261. The van der Waals surface area contributed by atoms with Crippen molar-refractivity contribution in [1.82, 2.24) is 0 Å². The number of carbonyl (C=O) groups is 3. The van der Waals surface area contributed by atoms with Crippen LogP contribution in [0.15, 0.2) is 48.6 Å². The first kappa shape index (κ1) is 71.4. The Morgan fingerprint density at radius 3 is 0.838 bits per heavy atom. The molecule has 74 heavy (non-hydrogen) atoms. The number of hydrogen-bond acceptors (Lipinski definition) is 6. The molecule has 0 spiro atoms. The summed E-state index contributed by atoms with van der Waals surface area (Å²) in [6.07, 6.45) is 78.5. The largest absolute Gasteiger partial charge is 0.462 e. The van der Waals surface area contributed by atoms with Crippen LogP contribution in [-0.2, 0) is 28.6 Å². The lowest BCUT2D eigenvalue weighted by Gasteiger charge is -2.18. The molecule has 0 aliphatic carbocycles. The fourth-order valence-corrected chi connectivity index (χ4v) is 9.69. The number of rotatable bonds is 60. The number of ether oxygens (including phenoxy) is 3. The Labute approximate surface area is 460 Å². The molecular formula is C68H124O6. The lowest BCUT2D eigenvalue weighted by atomic mass is 10.0. The average molecular weight is 1040 g/mol. The van der Waals surface area contributed by atoms with E-state index in [0.29, 0.717) is 19.3 Å². The van der Waals surface area contributed by atoms with Crippen molar-refractivity contribution in [3.8, 4) is 0 Å². The van der Waals surface area contributed by atoms with Gasteiger partial charge in [-0.25, -0.2) is 0 Å². The summed E-state index contributed by atoms with van der Waals surface area (Å²) in [6, 6.07) is 0. The molecule has 6 heteroatoms. The maximum atomic E-state index is 12.9. The molecule has 0 bridgehead atoms. The van der Waals surface area contributed by atoms with Crippen molar-refractivity contribution in [2.24, 2.45) is 0 Å².